The second-order valence-electron chi connectivity index (χ2n) is 4.98. The molecule has 2 rings (SSSR count). The summed E-state index contributed by atoms with van der Waals surface area (Å²) < 4.78 is 7.30. The van der Waals surface area contributed by atoms with E-state index in [4.69, 9.17) is 9.84 Å². The third-order valence-corrected chi connectivity index (χ3v) is 3.21. The number of tetrazole rings is 1. The Kier molecular flexibility index (Phi) is 3.90. The van der Waals surface area contributed by atoms with E-state index in [2.05, 4.69) is 22.4 Å². The molecule has 0 aliphatic carbocycles. The molecule has 7 heteroatoms. The minimum absolute atomic E-state index is 0.0125. The fourth-order valence-corrected chi connectivity index (χ4v) is 2.23. The lowest BCUT2D eigenvalue weighted by molar-refractivity contribution is -0.138. The van der Waals surface area contributed by atoms with Crippen LogP contribution in [0, 0.1) is 11.8 Å². The number of carboxylic acids is 1. The van der Waals surface area contributed by atoms with E-state index in [-0.39, 0.29) is 18.4 Å². The lowest BCUT2D eigenvalue weighted by Crippen LogP contribution is -2.18. The number of hydrogen-bond donors (Lipinski definition) is 1. The Hall–Kier alpha value is -1.50. The fraction of sp³-hybridized carbons (Fsp3) is 0.818. The molecule has 1 saturated heterocycles. The van der Waals surface area contributed by atoms with Crippen LogP contribution in [0.4, 0.5) is 0 Å². The highest BCUT2D eigenvalue weighted by Gasteiger charge is 2.31. The monoisotopic (exact) mass is 254 g/mol. The van der Waals surface area contributed by atoms with Gasteiger partial charge in [0, 0.05) is 19.6 Å². The number of hydrogen-bond acceptors (Lipinski definition) is 5. The van der Waals surface area contributed by atoms with E-state index in [1.54, 1.807) is 4.68 Å². The van der Waals surface area contributed by atoms with E-state index in [0.29, 0.717) is 18.3 Å². The first kappa shape index (κ1) is 12.9. The van der Waals surface area contributed by atoms with Crippen molar-refractivity contribution in [3.63, 3.8) is 0 Å². The SMILES string of the molecule is CC(CC(=O)O)Cn1nnnc1C1OCCC1C. The van der Waals surface area contributed by atoms with E-state index >= 15 is 0 Å². The molecule has 1 aliphatic heterocycles. The molecule has 0 bridgehead atoms. The van der Waals surface area contributed by atoms with Gasteiger partial charge >= 0.3 is 5.97 Å². The number of carboxylic acid groups (broad SMARTS) is 1. The zero-order chi connectivity index (χ0) is 13.1. The molecule has 0 amide bonds. The molecule has 0 spiro atoms. The summed E-state index contributed by atoms with van der Waals surface area (Å²) in [6.07, 6.45) is 1.04. The second kappa shape index (κ2) is 5.43. The van der Waals surface area contributed by atoms with Crippen molar-refractivity contribution in [3.8, 4) is 0 Å². The first-order valence-electron chi connectivity index (χ1n) is 6.17. The molecule has 0 aromatic carbocycles. The normalized spacial score (nSPS) is 25.2. The van der Waals surface area contributed by atoms with Gasteiger partial charge in [-0.1, -0.05) is 13.8 Å². The van der Waals surface area contributed by atoms with Crippen molar-refractivity contribution in [3.05, 3.63) is 5.82 Å². The lowest BCUT2D eigenvalue weighted by atomic mass is 10.0. The minimum Gasteiger partial charge on any atom is -0.481 e. The maximum Gasteiger partial charge on any atom is 0.303 e. The Morgan fingerprint density at radius 3 is 3.06 bits per heavy atom. The summed E-state index contributed by atoms with van der Waals surface area (Å²) in [5.41, 5.74) is 0. The molecule has 0 radical (unpaired) electrons. The van der Waals surface area contributed by atoms with Crippen LogP contribution in [0.3, 0.4) is 0 Å². The molecule has 0 saturated carbocycles. The molecule has 3 unspecified atom stereocenters. The molecule has 2 heterocycles. The highest BCUT2D eigenvalue weighted by atomic mass is 16.5. The molecule has 7 nitrogen and oxygen atoms in total. The van der Waals surface area contributed by atoms with Crippen molar-refractivity contribution < 1.29 is 14.6 Å². The van der Waals surface area contributed by atoms with Crippen LogP contribution in [0.2, 0.25) is 0 Å². The largest absolute Gasteiger partial charge is 0.481 e. The van der Waals surface area contributed by atoms with Gasteiger partial charge in [-0.2, -0.15) is 0 Å². The van der Waals surface area contributed by atoms with Gasteiger partial charge in [0.1, 0.15) is 6.10 Å². The highest BCUT2D eigenvalue weighted by molar-refractivity contribution is 5.66. The third-order valence-electron chi connectivity index (χ3n) is 3.21. The average Bonchev–Trinajstić information content (AvgIpc) is 2.85. The van der Waals surface area contributed by atoms with Crippen molar-refractivity contribution in [1.29, 1.82) is 0 Å². The molecule has 1 aliphatic rings. The van der Waals surface area contributed by atoms with Crippen LogP contribution in [-0.4, -0.2) is 37.9 Å². The summed E-state index contributed by atoms with van der Waals surface area (Å²) in [5, 5.41) is 20.4. The van der Waals surface area contributed by atoms with E-state index in [0.717, 1.165) is 13.0 Å². The summed E-state index contributed by atoms with van der Waals surface area (Å²) in [6, 6.07) is 0. The second-order valence-corrected chi connectivity index (χ2v) is 4.98. The summed E-state index contributed by atoms with van der Waals surface area (Å²) in [6.45, 7) is 5.21. The fourth-order valence-electron chi connectivity index (χ4n) is 2.23. The molecule has 1 aromatic heterocycles. The number of ether oxygens (including phenoxy) is 1. The van der Waals surface area contributed by atoms with E-state index in [1.165, 1.54) is 0 Å². The van der Waals surface area contributed by atoms with Crippen molar-refractivity contribution in [2.24, 2.45) is 11.8 Å². The van der Waals surface area contributed by atoms with Gasteiger partial charge in [0.2, 0.25) is 0 Å². The van der Waals surface area contributed by atoms with E-state index in [1.807, 2.05) is 6.92 Å². The van der Waals surface area contributed by atoms with Crippen LogP contribution in [0.1, 0.15) is 38.6 Å². The van der Waals surface area contributed by atoms with Crippen LogP contribution < -0.4 is 0 Å². The van der Waals surface area contributed by atoms with Crippen LogP contribution in [-0.2, 0) is 16.1 Å². The summed E-state index contributed by atoms with van der Waals surface area (Å²) in [5.74, 6) is 0.283. The Balaban J connectivity index is 2.05. The van der Waals surface area contributed by atoms with Crippen molar-refractivity contribution in [2.75, 3.05) is 6.61 Å². The van der Waals surface area contributed by atoms with Gasteiger partial charge < -0.3 is 9.84 Å². The zero-order valence-corrected chi connectivity index (χ0v) is 10.6. The predicted octanol–water partition coefficient (Wildman–Crippen LogP) is 0.881. The first-order valence-corrected chi connectivity index (χ1v) is 6.17. The Labute approximate surface area is 105 Å². The van der Waals surface area contributed by atoms with E-state index in [9.17, 15) is 4.79 Å². The van der Waals surface area contributed by atoms with Gasteiger partial charge in [-0.3, -0.25) is 4.79 Å². The van der Waals surface area contributed by atoms with Crippen LogP contribution in [0.15, 0.2) is 0 Å². The molecule has 100 valence electrons. The molecular formula is C11H18N4O3. The van der Waals surface area contributed by atoms with Gasteiger partial charge in [0.05, 0.1) is 0 Å². The number of aliphatic carboxylic acids is 1. The van der Waals surface area contributed by atoms with Crippen molar-refractivity contribution in [1.82, 2.24) is 20.2 Å². The predicted molar refractivity (Wildman–Crippen MR) is 61.7 cm³/mol. The van der Waals surface area contributed by atoms with Crippen LogP contribution in [0.5, 0.6) is 0 Å². The standard InChI is InChI=1S/C11H18N4O3/c1-7(5-9(16)17)6-15-11(12-13-14-15)10-8(2)3-4-18-10/h7-8,10H,3-6H2,1-2H3,(H,16,17). The Morgan fingerprint density at radius 2 is 2.44 bits per heavy atom. The first-order chi connectivity index (χ1) is 8.58. The lowest BCUT2D eigenvalue weighted by Gasteiger charge is -2.15. The third kappa shape index (κ3) is 2.84. The summed E-state index contributed by atoms with van der Waals surface area (Å²) >= 11 is 0. The van der Waals surface area contributed by atoms with Gasteiger partial charge in [0.15, 0.2) is 5.82 Å². The Morgan fingerprint density at radius 1 is 1.67 bits per heavy atom. The highest BCUT2D eigenvalue weighted by Crippen LogP contribution is 2.32. The number of rotatable bonds is 5. The quantitative estimate of drug-likeness (QED) is 0.838. The van der Waals surface area contributed by atoms with Gasteiger partial charge in [-0.05, 0) is 28.7 Å². The van der Waals surface area contributed by atoms with Gasteiger partial charge in [-0.25, -0.2) is 4.68 Å². The number of aromatic nitrogens is 4. The van der Waals surface area contributed by atoms with Crippen molar-refractivity contribution >= 4 is 5.97 Å². The topological polar surface area (TPSA) is 90.1 Å². The van der Waals surface area contributed by atoms with Crippen LogP contribution in [0.25, 0.3) is 0 Å². The molecule has 3 atom stereocenters. The van der Waals surface area contributed by atoms with Gasteiger partial charge in [0.25, 0.3) is 0 Å². The maximum atomic E-state index is 10.6. The zero-order valence-electron chi connectivity index (χ0n) is 10.6. The summed E-state index contributed by atoms with van der Waals surface area (Å²) in [7, 11) is 0. The number of nitrogens with zero attached hydrogens (tertiary/aromatic N) is 4. The van der Waals surface area contributed by atoms with Crippen molar-refractivity contribution in [2.45, 2.75) is 39.3 Å². The average molecular weight is 254 g/mol. The molecule has 18 heavy (non-hydrogen) atoms. The van der Waals surface area contributed by atoms with Gasteiger partial charge in [-0.15, -0.1) is 5.10 Å². The molecular weight excluding hydrogens is 236 g/mol. The molecule has 1 aromatic rings. The molecule has 1 fully saturated rings. The smallest absolute Gasteiger partial charge is 0.303 e. The summed E-state index contributed by atoms with van der Waals surface area (Å²) in [4.78, 5) is 10.6. The van der Waals surface area contributed by atoms with Crippen LogP contribution >= 0.6 is 0 Å². The maximum absolute atomic E-state index is 10.6. The number of carbonyl (C=O) groups is 1. The Bertz CT molecular complexity index is 420. The minimum atomic E-state index is -0.803. The van der Waals surface area contributed by atoms with E-state index < -0.39 is 5.97 Å². The molecule has 1 N–H and O–H groups in total.